The van der Waals surface area contributed by atoms with E-state index in [4.69, 9.17) is 4.74 Å². The third-order valence-electron chi connectivity index (χ3n) is 6.93. The molecule has 3 amide bonds. The van der Waals surface area contributed by atoms with E-state index in [-0.39, 0.29) is 36.0 Å². The van der Waals surface area contributed by atoms with Gasteiger partial charge in [-0.25, -0.2) is 0 Å². The fraction of sp³-hybridized carbons (Fsp3) is 0.520. The molecule has 0 radical (unpaired) electrons. The van der Waals surface area contributed by atoms with E-state index < -0.39 is 12.1 Å². The third-order valence-corrected chi connectivity index (χ3v) is 6.93. The highest BCUT2D eigenvalue weighted by molar-refractivity contribution is 6.01. The van der Waals surface area contributed by atoms with E-state index in [0.29, 0.717) is 24.4 Å². The molecule has 1 saturated heterocycles. The predicted octanol–water partition coefficient (Wildman–Crippen LogP) is 2.39. The number of rotatable bonds is 8. The number of amides is 3. The minimum Gasteiger partial charge on any atom is -0.496 e. The van der Waals surface area contributed by atoms with Gasteiger partial charge in [0.05, 0.1) is 13.2 Å². The molecule has 34 heavy (non-hydrogen) atoms. The van der Waals surface area contributed by atoms with Gasteiger partial charge in [0, 0.05) is 23.4 Å². The first-order chi connectivity index (χ1) is 16.5. The maximum absolute atomic E-state index is 13.3. The molecule has 9 heteroatoms. The summed E-state index contributed by atoms with van der Waals surface area (Å²) in [4.78, 5) is 41.5. The molecule has 2 aliphatic rings. The van der Waals surface area contributed by atoms with Crippen LogP contribution in [-0.2, 0) is 9.59 Å². The van der Waals surface area contributed by atoms with Crippen molar-refractivity contribution in [1.82, 2.24) is 20.9 Å². The molecular formula is C25H31N5O4. The molecule has 1 aliphatic heterocycles. The molecule has 1 aromatic heterocycles. The van der Waals surface area contributed by atoms with Crippen molar-refractivity contribution in [3.8, 4) is 11.8 Å². The van der Waals surface area contributed by atoms with E-state index in [2.05, 4.69) is 27.0 Å². The standard InChI is InChI=1S/C25H31N5O4/c1-34-21-9-5-8-19-18(21)13-20(29-19)24(32)30-22(15-6-3-2-4-7-15)25(33)28-17(14-26)12-16-10-11-27-23(16)31/h5,8-9,13,15-17,22,29H,2-4,6-7,10-12H2,1H3,(H,27,31)(H,28,33)(H,30,32)/t16-,17-,22-/m0/s1. The lowest BCUT2D eigenvalue weighted by molar-refractivity contribution is -0.126. The number of benzene rings is 1. The smallest absolute Gasteiger partial charge is 0.268 e. The van der Waals surface area contributed by atoms with Gasteiger partial charge < -0.3 is 25.7 Å². The van der Waals surface area contributed by atoms with Crippen molar-refractivity contribution < 1.29 is 19.1 Å². The fourth-order valence-electron chi connectivity index (χ4n) is 5.07. The van der Waals surface area contributed by atoms with E-state index in [0.717, 1.165) is 43.0 Å². The third kappa shape index (κ3) is 5.16. The zero-order valence-corrected chi connectivity index (χ0v) is 19.4. The van der Waals surface area contributed by atoms with Gasteiger partial charge in [-0.3, -0.25) is 14.4 Å². The highest BCUT2D eigenvalue weighted by atomic mass is 16.5. The van der Waals surface area contributed by atoms with Gasteiger partial charge in [-0.15, -0.1) is 0 Å². The lowest BCUT2D eigenvalue weighted by Gasteiger charge is -2.30. The Labute approximate surface area is 198 Å². The first kappa shape index (κ1) is 23.6. The molecule has 4 N–H and O–H groups in total. The van der Waals surface area contributed by atoms with Crippen LogP contribution in [0.3, 0.4) is 0 Å². The van der Waals surface area contributed by atoms with Crippen molar-refractivity contribution in [2.24, 2.45) is 11.8 Å². The minimum atomic E-state index is -0.790. The Kier molecular flexibility index (Phi) is 7.36. The van der Waals surface area contributed by atoms with Gasteiger partial charge in [0.25, 0.3) is 5.91 Å². The summed E-state index contributed by atoms with van der Waals surface area (Å²) in [5, 5.41) is 18.9. The zero-order valence-electron chi connectivity index (χ0n) is 19.4. The number of methoxy groups -OCH3 is 1. The normalized spacial score (nSPS) is 20.2. The van der Waals surface area contributed by atoms with Crippen LogP contribution in [0.4, 0.5) is 0 Å². The van der Waals surface area contributed by atoms with Gasteiger partial charge in [-0.05, 0) is 49.8 Å². The SMILES string of the molecule is COc1cccc2[nH]c(C(=O)N[C@H](C(=O)N[C@H](C#N)C[C@@H]3CCNC3=O)C3CCCCC3)cc12. The number of hydrogen-bond donors (Lipinski definition) is 4. The highest BCUT2D eigenvalue weighted by Crippen LogP contribution is 2.29. The summed E-state index contributed by atoms with van der Waals surface area (Å²) in [6.45, 7) is 0.589. The van der Waals surface area contributed by atoms with E-state index in [1.165, 1.54) is 0 Å². The van der Waals surface area contributed by atoms with Crippen molar-refractivity contribution in [3.05, 3.63) is 30.0 Å². The number of fused-ring (bicyclic) bond motifs is 1. The Morgan fingerprint density at radius 3 is 2.68 bits per heavy atom. The van der Waals surface area contributed by atoms with Gasteiger partial charge in [-0.2, -0.15) is 5.26 Å². The van der Waals surface area contributed by atoms with E-state index in [9.17, 15) is 19.6 Å². The molecule has 2 heterocycles. The monoisotopic (exact) mass is 465 g/mol. The predicted molar refractivity (Wildman–Crippen MR) is 126 cm³/mol. The van der Waals surface area contributed by atoms with Gasteiger partial charge in [0.2, 0.25) is 11.8 Å². The average molecular weight is 466 g/mol. The Hall–Kier alpha value is -3.54. The number of carbonyl (C=O) groups excluding carboxylic acids is 3. The zero-order chi connectivity index (χ0) is 24.1. The van der Waals surface area contributed by atoms with Crippen LogP contribution in [-0.4, -0.2) is 48.4 Å². The first-order valence-corrected chi connectivity index (χ1v) is 11.9. The van der Waals surface area contributed by atoms with Gasteiger partial charge in [0.1, 0.15) is 23.5 Å². The number of nitrogens with zero attached hydrogens (tertiary/aromatic N) is 1. The highest BCUT2D eigenvalue weighted by Gasteiger charge is 2.34. The molecule has 4 rings (SSSR count). The van der Waals surface area contributed by atoms with Gasteiger partial charge in [-0.1, -0.05) is 25.3 Å². The summed E-state index contributed by atoms with van der Waals surface area (Å²) >= 11 is 0. The van der Waals surface area contributed by atoms with Crippen molar-refractivity contribution >= 4 is 28.6 Å². The van der Waals surface area contributed by atoms with Crippen LogP contribution in [0, 0.1) is 23.2 Å². The molecule has 0 spiro atoms. The molecule has 0 unspecified atom stereocenters. The molecular weight excluding hydrogens is 434 g/mol. The fourth-order valence-corrected chi connectivity index (χ4v) is 5.07. The molecule has 1 saturated carbocycles. The maximum atomic E-state index is 13.3. The number of hydrogen-bond acceptors (Lipinski definition) is 5. The number of nitrogens with one attached hydrogen (secondary N) is 4. The quantitative estimate of drug-likeness (QED) is 0.475. The van der Waals surface area contributed by atoms with Crippen LogP contribution in [0.2, 0.25) is 0 Å². The van der Waals surface area contributed by atoms with E-state index in [1.807, 2.05) is 18.2 Å². The summed E-state index contributed by atoms with van der Waals surface area (Å²) in [7, 11) is 1.58. The minimum absolute atomic E-state index is 0.00858. The second-order valence-electron chi connectivity index (χ2n) is 9.16. The molecule has 3 atom stereocenters. The molecule has 1 aliphatic carbocycles. The van der Waals surface area contributed by atoms with Crippen LogP contribution in [0.25, 0.3) is 10.9 Å². The largest absolute Gasteiger partial charge is 0.496 e. The number of aromatic nitrogens is 1. The van der Waals surface area contributed by atoms with Crippen molar-refractivity contribution in [3.63, 3.8) is 0 Å². The summed E-state index contributed by atoms with van der Waals surface area (Å²) in [6, 6.07) is 7.80. The summed E-state index contributed by atoms with van der Waals surface area (Å²) in [5.41, 5.74) is 1.11. The second kappa shape index (κ2) is 10.6. The van der Waals surface area contributed by atoms with E-state index >= 15 is 0 Å². The lowest BCUT2D eigenvalue weighted by atomic mass is 9.83. The maximum Gasteiger partial charge on any atom is 0.268 e. The topological polar surface area (TPSA) is 136 Å². The van der Waals surface area contributed by atoms with Gasteiger partial charge in [0.15, 0.2) is 0 Å². The summed E-state index contributed by atoms with van der Waals surface area (Å²) < 4.78 is 5.38. The van der Waals surface area contributed by atoms with Crippen LogP contribution in [0.5, 0.6) is 5.75 Å². The Balaban J connectivity index is 1.50. The lowest BCUT2D eigenvalue weighted by Crippen LogP contribution is -2.53. The molecule has 0 bridgehead atoms. The van der Waals surface area contributed by atoms with Crippen LogP contribution in [0.15, 0.2) is 24.3 Å². The van der Waals surface area contributed by atoms with Crippen molar-refractivity contribution in [1.29, 1.82) is 5.26 Å². The van der Waals surface area contributed by atoms with Gasteiger partial charge >= 0.3 is 0 Å². The molecule has 9 nitrogen and oxygen atoms in total. The molecule has 1 aromatic carbocycles. The number of H-pyrrole nitrogens is 1. The molecule has 180 valence electrons. The Morgan fingerprint density at radius 2 is 2.00 bits per heavy atom. The molecule has 2 aromatic rings. The van der Waals surface area contributed by atoms with Crippen molar-refractivity contribution in [2.75, 3.05) is 13.7 Å². The Morgan fingerprint density at radius 1 is 1.21 bits per heavy atom. The van der Waals surface area contributed by atoms with E-state index in [1.54, 1.807) is 13.2 Å². The summed E-state index contributed by atoms with van der Waals surface area (Å²) in [5.74, 6) is -0.477. The van der Waals surface area contributed by atoms with Crippen molar-refractivity contribution in [2.45, 2.75) is 57.0 Å². The van der Waals surface area contributed by atoms with Crippen LogP contribution < -0.4 is 20.7 Å². The number of nitriles is 1. The average Bonchev–Trinajstić information content (AvgIpc) is 3.48. The number of aromatic amines is 1. The van der Waals surface area contributed by atoms with Crippen LogP contribution >= 0.6 is 0 Å². The number of ether oxygens (including phenoxy) is 1. The van der Waals surface area contributed by atoms with Crippen LogP contribution in [0.1, 0.15) is 55.4 Å². The number of carbonyl (C=O) groups is 3. The first-order valence-electron chi connectivity index (χ1n) is 11.9. The summed E-state index contributed by atoms with van der Waals surface area (Å²) in [6.07, 6.45) is 5.69. The Bertz CT molecular complexity index is 1100. The second-order valence-corrected chi connectivity index (χ2v) is 9.16. The molecule has 2 fully saturated rings.